The average Bonchev–Trinajstić information content (AvgIpc) is 2.39. The molecule has 0 saturated carbocycles. The second-order valence-electron chi connectivity index (χ2n) is 4.22. The maximum absolute atomic E-state index is 13.1. The molecule has 0 aliphatic carbocycles. The highest BCUT2D eigenvalue weighted by atomic mass is 127. The van der Waals surface area contributed by atoms with Crippen molar-refractivity contribution in [2.75, 3.05) is 0 Å². The van der Waals surface area contributed by atoms with E-state index >= 15 is 0 Å². The summed E-state index contributed by atoms with van der Waals surface area (Å²) in [4.78, 5) is 0. The first-order chi connectivity index (χ1) is 9.10. The second kappa shape index (κ2) is 6.40. The van der Waals surface area contributed by atoms with Crippen LogP contribution in [-0.2, 0) is 6.42 Å². The number of hydrazine groups is 1. The van der Waals surface area contributed by atoms with Gasteiger partial charge in [-0.3, -0.25) is 11.3 Å². The summed E-state index contributed by atoms with van der Waals surface area (Å²) in [6, 6.07) is 10.7. The van der Waals surface area contributed by atoms with Gasteiger partial charge in [0.1, 0.15) is 11.6 Å². The molecular weight excluding hydrogens is 361 g/mol. The first-order valence-corrected chi connectivity index (χ1v) is 6.83. The van der Waals surface area contributed by atoms with Crippen LogP contribution in [0.3, 0.4) is 0 Å². The topological polar surface area (TPSA) is 38.0 Å². The molecule has 2 aromatic rings. The van der Waals surface area contributed by atoms with E-state index in [-0.39, 0.29) is 17.7 Å². The van der Waals surface area contributed by atoms with Crippen molar-refractivity contribution in [2.45, 2.75) is 12.5 Å². The fourth-order valence-electron chi connectivity index (χ4n) is 1.90. The number of nitrogens with one attached hydrogen (secondary N) is 1. The summed E-state index contributed by atoms with van der Waals surface area (Å²) in [5.41, 5.74) is 4.61. The minimum atomic E-state index is -0.272. The molecule has 19 heavy (non-hydrogen) atoms. The average molecular weight is 374 g/mol. The van der Waals surface area contributed by atoms with Crippen LogP contribution in [-0.4, -0.2) is 0 Å². The first kappa shape index (κ1) is 14.4. The van der Waals surface area contributed by atoms with Crippen LogP contribution in [0.2, 0.25) is 0 Å². The number of hydrogen-bond acceptors (Lipinski definition) is 2. The molecule has 0 aliphatic rings. The molecule has 0 aromatic heterocycles. The van der Waals surface area contributed by atoms with Crippen LogP contribution < -0.4 is 11.3 Å². The third kappa shape index (κ3) is 3.71. The molecule has 2 nitrogen and oxygen atoms in total. The molecule has 5 heteroatoms. The van der Waals surface area contributed by atoms with E-state index in [1.165, 1.54) is 24.3 Å². The molecule has 100 valence electrons. The summed E-state index contributed by atoms with van der Waals surface area (Å²) >= 11 is 2.08. The van der Waals surface area contributed by atoms with Gasteiger partial charge in [-0.1, -0.05) is 18.2 Å². The van der Waals surface area contributed by atoms with E-state index in [1.807, 2.05) is 0 Å². The van der Waals surface area contributed by atoms with E-state index in [1.54, 1.807) is 18.2 Å². The molecule has 2 aromatic carbocycles. The summed E-state index contributed by atoms with van der Waals surface area (Å²) in [5, 5.41) is 0. The van der Waals surface area contributed by atoms with Crippen molar-refractivity contribution in [3.05, 3.63) is 68.8 Å². The standard InChI is InChI=1S/C14H13F2IN2/c15-10-3-1-9(2-4-10)7-14(19-18)12-6-5-11(16)8-13(12)17/h1-6,8,14,19H,7,18H2. The Bertz CT molecular complexity index is 558. The Kier molecular flexibility index (Phi) is 4.84. The first-order valence-electron chi connectivity index (χ1n) is 5.75. The number of nitrogens with two attached hydrogens (primary N) is 1. The molecule has 1 unspecified atom stereocenters. The number of rotatable bonds is 4. The largest absolute Gasteiger partial charge is 0.271 e. The Labute approximate surface area is 124 Å². The van der Waals surface area contributed by atoms with E-state index in [0.717, 1.165) is 14.7 Å². The van der Waals surface area contributed by atoms with Crippen molar-refractivity contribution in [3.63, 3.8) is 0 Å². The molecular formula is C14H13F2IN2. The van der Waals surface area contributed by atoms with Crippen molar-refractivity contribution in [1.29, 1.82) is 0 Å². The SMILES string of the molecule is NNC(Cc1ccc(F)cc1)c1ccc(F)cc1I. The zero-order chi connectivity index (χ0) is 13.8. The molecule has 2 rings (SSSR count). The molecule has 0 radical (unpaired) electrons. The van der Waals surface area contributed by atoms with Gasteiger partial charge < -0.3 is 0 Å². The maximum Gasteiger partial charge on any atom is 0.124 e. The van der Waals surface area contributed by atoms with E-state index in [2.05, 4.69) is 28.0 Å². The summed E-state index contributed by atoms with van der Waals surface area (Å²) in [6.45, 7) is 0. The van der Waals surface area contributed by atoms with Crippen molar-refractivity contribution < 1.29 is 8.78 Å². The third-order valence-corrected chi connectivity index (χ3v) is 3.83. The van der Waals surface area contributed by atoms with E-state index in [0.29, 0.717) is 6.42 Å². The van der Waals surface area contributed by atoms with Crippen LogP contribution >= 0.6 is 22.6 Å². The fraction of sp³-hybridized carbons (Fsp3) is 0.143. The monoisotopic (exact) mass is 374 g/mol. The highest BCUT2D eigenvalue weighted by Crippen LogP contribution is 2.23. The van der Waals surface area contributed by atoms with Crippen LogP contribution in [0.4, 0.5) is 8.78 Å². The zero-order valence-corrected chi connectivity index (χ0v) is 12.2. The lowest BCUT2D eigenvalue weighted by Gasteiger charge is -2.18. The zero-order valence-electron chi connectivity index (χ0n) is 10.0. The maximum atomic E-state index is 13.1. The Morgan fingerprint density at radius 2 is 1.68 bits per heavy atom. The van der Waals surface area contributed by atoms with Crippen molar-refractivity contribution in [2.24, 2.45) is 5.84 Å². The lowest BCUT2D eigenvalue weighted by atomic mass is 9.99. The van der Waals surface area contributed by atoms with Gasteiger partial charge in [-0.05, 0) is 64.4 Å². The third-order valence-electron chi connectivity index (χ3n) is 2.89. The van der Waals surface area contributed by atoms with Gasteiger partial charge in [0.15, 0.2) is 0 Å². The molecule has 0 amide bonds. The normalized spacial score (nSPS) is 12.4. The molecule has 1 atom stereocenters. The summed E-state index contributed by atoms with van der Waals surface area (Å²) in [5.74, 6) is 5.03. The van der Waals surface area contributed by atoms with Gasteiger partial charge in [-0.15, -0.1) is 0 Å². The summed E-state index contributed by atoms with van der Waals surface area (Å²) < 4.78 is 26.8. The van der Waals surface area contributed by atoms with Crippen molar-refractivity contribution in [3.8, 4) is 0 Å². The van der Waals surface area contributed by atoms with Crippen molar-refractivity contribution in [1.82, 2.24) is 5.43 Å². The lowest BCUT2D eigenvalue weighted by Crippen LogP contribution is -2.30. The minimum absolute atomic E-state index is 0.141. The highest BCUT2D eigenvalue weighted by molar-refractivity contribution is 14.1. The fourth-order valence-corrected chi connectivity index (χ4v) is 2.75. The summed E-state index contributed by atoms with van der Waals surface area (Å²) in [7, 11) is 0. The Morgan fingerprint density at radius 3 is 2.26 bits per heavy atom. The highest BCUT2D eigenvalue weighted by Gasteiger charge is 2.14. The smallest absolute Gasteiger partial charge is 0.124 e. The Balaban J connectivity index is 2.22. The lowest BCUT2D eigenvalue weighted by molar-refractivity contribution is 0.545. The van der Waals surface area contributed by atoms with Crippen LogP contribution in [0, 0.1) is 15.2 Å². The van der Waals surface area contributed by atoms with E-state index in [4.69, 9.17) is 5.84 Å². The van der Waals surface area contributed by atoms with Gasteiger partial charge in [0.05, 0.1) is 6.04 Å². The van der Waals surface area contributed by atoms with E-state index in [9.17, 15) is 8.78 Å². The van der Waals surface area contributed by atoms with Gasteiger partial charge in [0, 0.05) is 3.57 Å². The van der Waals surface area contributed by atoms with Crippen LogP contribution in [0.15, 0.2) is 42.5 Å². The Hall–Kier alpha value is -1.05. The molecule has 0 fully saturated rings. The quantitative estimate of drug-likeness (QED) is 0.490. The molecule has 0 spiro atoms. The molecule has 0 aliphatic heterocycles. The molecule has 0 heterocycles. The number of benzene rings is 2. The number of hydrogen-bond donors (Lipinski definition) is 2. The summed E-state index contributed by atoms with van der Waals surface area (Å²) in [6.07, 6.45) is 0.610. The van der Waals surface area contributed by atoms with Crippen molar-refractivity contribution >= 4 is 22.6 Å². The van der Waals surface area contributed by atoms with E-state index < -0.39 is 0 Å². The molecule has 0 saturated heterocycles. The van der Waals surface area contributed by atoms with Crippen LogP contribution in [0.1, 0.15) is 17.2 Å². The predicted molar refractivity (Wildman–Crippen MR) is 79.3 cm³/mol. The number of halogens is 3. The second-order valence-corrected chi connectivity index (χ2v) is 5.38. The van der Waals surface area contributed by atoms with Gasteiger partial charge in [0.2, 0.25) is 0 Å². The van der Waals surface area contributed by atoms with Gasteiger partial charge in [-0.2, -0.15) is 0 Å². The van der Waals surface area contributed by atoms with Crippen LogP contribution in [0.25, 0.3) is 0 Å². The predicted octanol–water partition coefficient (Wildman–Crippen LogP) is 3.32. The minimum Gasteiger partial charge on any atom is -0.271 e. The van der Waals surface area contributed by atoms with Gasteiger partial charge >= 0.3 is 0 Å². The van der Waals surface area contributed by atoms with Gasteiger partial charge in [-0.25, -0.2) is 8.78 Å². The molecule has 0 bridgehead atoms. The van der Waals surface area contributed by atoms with Gasteiger partial charge in [0.25, 0.3) is 0 Å². The molecule has 3 N–H and O–H groups in total. The Morgan fingerprint density at radius 1 is 1.05 bits per heavy atom. The van der Waals surface area contributed by atoms with Crippen LogP contribution in [0.5, 0.6) is 0 Å².